The first kappa shape index (κ1) is 5.61. The molecule has 0 aromatic heterocycles. The normalized spacial score (nSPS) is 7.50. The maximum absolute atomic E-state index is 4.77. The average Bonchev–Trinajstić information content (AvgIpc) is 1.35. The standard InChI is InChI=1S/CH5N3OS/c2-1(6)5-4-3/h4H,3H2,(H2,2,6). The summed E-state index contributed by atoms with van der Waals surface area (Å²) in [5, 5.41) is -0.113. The molecule has 4 nitrogen and oxygen atoms in total. The van der Waals surface area contributed by atoms with Crippen LogP contribution in [0.1, 0.15) is 0 Å². The van der Waals surface area contributed by atoms with Gasteiger partial charge in [-0.25, -0.2) is 5.84 Å². The third kappa shape index (κ3) is 3.61. The first-order valence-electron chi connectivity index (χ1n) is 1.19. The monoisotopic (exact) mass is 107 g/mol. The first-order chi connectivity index (χ1) is 2.77. The predicted molar refractivity (Wildman–Crippen MR) is 25.2 cm³/mol. The minimum atomic E-state index is -0.113. The second kappa shape index (κ2) is 2.83. The fraction of sp³-hybridized carbons (Fsp3) is 0. The quantitative estimate of drug-likeness (QED) is 0.219. The molecule has 0 rings (SSSR count). The molecule has 0 atom stereocenters. The van der Waals surface area contributed by atoms with Gasteiger partial charge in [-0.2, -0.15) is 0 Å². The highest BCUT2D eigenvalue weighted by Crippen LogP contribution is 1.57. The van der Waals surface area contributed by atoms with Crippen molar-refractivity contribution in [2.75, 3.05) is 0 Å². The van der Waals surface area contributed by atoms with Crippen molar-refractivity contribution < 1.29 is 4.84 Å². The van der Waals surface area contributed by atoms with Crippen molar-refractivity contribution in [2.24, 2.45) is 11.6 Å². The molecule has 0 aromatic rings. The molecule has 0 fully saturated rings. The molecule has 0 aliphatic rings. The zero-order valence-corrected chi connectivity index (χ0v) is 3.79. The van der Waals surface area contributed by atoms with E-state index in [1.165, 1.54) is 0 Å². The molecule has 0 aliphatic carbocycles. The Morgan fingerprint density at radius 1 is 1.83 bits per heavy atom. The largest absolute Gasteiger partial charge is 0.364 e. The molecule has 0 saturated carbocycles. The fourth-order valence-electron chi connectivity index (χ4n) is 0.0581. The molecule has 0 heterocycles. The molecule has 36 valence electrons. The Bertz CT molecular complexity index is 54.8. The number of rotatable bonds is 1. The Morgan fingerprint density at radius 2 is 2.33 bits per heavy atom. The van der Waals surface area contributed by atoms with E-state index in [0.717, 1.165) is 0 Å². The second-order valence-electron chi connectivity index (χ2n) is 0.539. The molecular weight excluding hydrogens is 102 g/mol. The Morgan fingerprint density at radius 3 is 2.33 bits per heavy atom. The topological polar surface area (TPSA) is 73.3 Å². The van der Waals surface area contributed by atoms with Crippen molar-refractivity contribution in [3.63, 3.8) is 0 Å². The number of hydrogen-bond donors (Lipinski definition) is 3. The maximum Gasteiger partial charge on any atom is 0.277 e. The highest BCUT2D eigenvalue weighted by atomic mass is 32.1. The minimum Gasteiger partial charge on any atom is -0.364 e. The second-order valence-corrected chi connectivity index (χ2v) is 0.941. The van der Waals surface area contributed by atoms with Crippen LogP contribution in [-0.4, -0.2) is 5.17 Å². The Hall–Kier alpha value is -0.390. The van der Waals surface area contributed by atoms with E-state index in [1.807, 2.05) is 0 Å². The summed E-state index contributed by atoms with van der Waals surface area (Å²) in [6.07, 6.45) is 0. The van der Waals surface area contributed by atoms with Gasteiger partial charge in [0.05, 0.1) is 0 Å². The number of thiocarbonyl (C=S) groups is 1. The first-order valence-corrected chi connectivity index (χ1v) is 1.60. The summed E-state index contributed by atoms with van der Waals surface area (Å²) < 4.78 is 0. The van der Waals surface area contributed by atoms with Crippen molar-refractivity contribution >= 4 is 17.4 Å². The van der Waals surface area contributed by atoms with Crippen LogP contribution in [0.15, 0.2) is 0 Å². The van der Waals surface area contributed by atoms with Gasteiger partial charge in [-0.1, -0.05) is 5.59 Å². The molecule has 0 radical (unpaired) electrons. The van der Waals surface area contributed by atoms with Gasteiger partial charge in [0.1, 0.15) is 0 Å². The van der Waals surface area contributed by atoms with Crippen molar-refractivity contribution in [3.8, 4) is 0 Å². The van der Waals surface area contributed by atoms with Gasteiger partial charge in [0.2, 0.25) is 0 Å². The van der Waals surface area contributed by atoms with Gasteiger partial charge < -0.3 is 10.6 Å². The molecule has 0 bridgehead atoms. The highest BCUT2D eigenvalue weighted by Gasteiger charge is 1.76. The summed E-state index contributed by atoms with van der Waals surface area (Å²) in [4.78, 5) is 4.08. The Labute approximate surface area is 40.4 Å². The van der Waals surface area contributed by atoms with Gasteiger partial charge in [0, 0.05) is 0 Å². The lowest BCUT2D eigenvalue weighted by Crippen LogP contribution is -2.29. The predicted octanol–water partition coefficient (Wildman–Crippen LogP) is -1.38. The van der Waals surface area contributed by atoms with Crippen LogP contribution in [0.25, 0.3) is 0 Å². The molecular formula is CH5N3OS. The maximum atomic E-state index is 4.77. The van der Waals surface area contributed by atoms with Gasteiger partial charge >= 0.3 is 0 Å². The van der Waals surface area contributed by atoms with E-state index in [4.69, 9.17) is 5.73 Å². The zero-order chi connectivity index (χ0) is 4.99. The van der Waals surface area contributed by atoms with E-state index in [0.29, 0.717) is 0 Å². The Kier molecular flexibility index (Phi) is 2.64. The lowest BCUT2D eigenvalue weighted by Gasteiger charge is -1.93. The summed E-state index contributed by atoms with van der Waals surface area (Å²) in [6, 6.07) is 0. The molecule has 6 heavy (non-hydrogen) atoms. The highest BCUT2D eigenvalue weighted by molar-refractivity contribution is 7.79. The summed E-state index contributed by atoms with van der Waals surface area (Å²) in [5.41, 5.74) is 6.57. The summed E-state index contributed by atoms with van der Waals surface area (Å²) in [7, 11) is 0. The third-order valence-electron chi connectivity index (χ3n) is 0.160. The van der Waals surface area contributed by atoms with Crippen molar-refractivity contribution in [3.05, 3.63) is 0 Å². The molecule has 0 saturated heterocycles. The Balaban J connectivity index is 2.83. The molecule has 5 heteroatoms. The number of nitrogens with two attached hydrogens (primary N) is 2. The van der Waals surface area contributed by atoms with E-state index in [2.05, 4.69) is 22.9 Å². The fourth-order valence-corrected chi connectivity index (χ4v) is 0.106. The van der Waals surface area contributed by atoms with Gasteiger partial charge in [-0.3, -0.25) is 0 Å². The van der Waals surface area contributed by atoms with Crippen molar-refractivity contribution in [2.45, 2.75) is 0 Å². The van der Waals surface area contributed by atoms with E-state index in [9.17, 15) is 0 Å². The molecule has 0 unspecified atom stereocenters. The summed E-state index contributed by atoms with van der Waals surface area (Å²) in [6.45, 7) is 0. The van der Waals surface area contributed by atoms with Crippen LogP contribution < -0.4 is 17.2 Å². The van der Waals surface area contributed by atoms with Crippen LogP contribution >= 0.6 is 12.2 Å². The molecule has 0 aliphatic heterocycles. The molecule has 0 amide bonds. The molecule has 0 aromatic carbocycles. The average molecular weight is 107 g/mol. The van der Waals surface area contributed by atoms with Crippen LogP contribution in [0.2, 0.25) is 0 Å². The van der Waals surface area contributed by atoms with Crippen LogP contribution in [0.3, 0.4) is 0 Å². The lowest BCUT2D eigenvalue weighted by atomic mass is 11.4. The summed E-state index contributed by atoms with van der Waals surface area (Å²) >= 11 is 4.21. The number of hydrogen-bond acceptors (Lipinski definition) is 4. The SMILES string of the molecule is NNOC(N)=S. The van der Waals surface area contributed by atoms with Crippen LogP contribution in [0.5, 0.6) is 0 Å². The van der Waals surface area contributed by atoms with Gasteiger partial charge in [-0.05, 0) is 12.2 Å². The van der Waals surface area contributed by atoms with E-state index in [-0.39, 0.29) is 5.17 Å². The number of hydrazine groups is 1. The van der Waals surface area contributed by atoms with Gasteiger partial charge in [0.25, 0.3) is 5.17 Å². The van der Waals surface area contributed by atoms with Crippen molar-refractivity contribution in [1.29, 1.82) is 0 Å². The minimum absolute atomic E-state index is 0.113. The third-order valence-corrected chi connectivity index (χ3v) is 0.243. The smallest absolute Gasteiger partial charge is 0.277 e. The zero-order valence-electron chi connectivity index (χ0n) is 2.97. The van der Waals surface area contributed by atoms with E-state index in [1.54, 1.807) is 5.59 Å². The van der Waals surface area contributed by atoms with E-state index < -0.39 is 0 Å². The van der Waals surface area contributed by atoms with Crippen LogP contribution in [0.4, 0.5) is 0 Å². The summed E-state index contributed by atoms with van der Waals surface area (Å²) in [5.74, 6) is 4.59. The van der Waals surface area contributed by atoms with Gasteiger partial charge in [-0.15, -0.1) is 0 Å². The molecule has 5 N–H and O–H groups in total. The molecule has 0 spiro atoms. The van der Waals surface area contributed by atoms with Crippen LogP contribution in [-0.2, 0) is 4.84 Å². The van der Waals surface area contributed by atoms with Gasteiger partial charge in [0.15, 0.2) is 0 Å². The number of nitrogens with one attached hydrogen (secondary N) is 1. The van der Waals surface area contributed by atoms with Crippen molar-refractivity contribution in [1.82, 2.24) is 5.59 Å². The van der Waals surface area contributed by atoms with E-state index >= 15 is 0 Å². The van der Waals surface area contributed by atoms with Crippen LogP contribution in [0, 0.1) is 0 Å². The lowest BCUT2D eigenvalue weighted by molar-refractivity contribution is 0.187.